The molecule has 0 heterocycles. The van der Waals surface area contributed by atoms with Crippen LogP contribution in [0.4, 0.5) is 5.69 Å². The third kappa shape index (κ3) is 2.39. The molecule has 1 aromatic rings. The maximum Gasteiger partial charge on any atom is 0.119 e. The van der Waals surface area contributed by atoms with E-state index in [4.69, 9.17) is 4.74 Å². The van der Waals surface area contributed by atoms with Gasteiger partial charge in [-0.2, -0.15) is 0 Å². The lowest BCUT2D eigenvalue weighted by molar-refractivity contribution is 0.102. The molecule has 1 aromatic carbocycles. The van der Waals surface area contributed by atoms with Gasteiger partial charge >= 0.3 is 0 Å². The summed E-state index contributed by atoms with van der Waals surface area (Å²) < 4.78 is 5.01. The van der Waals surface area contributed by atoms with Crippen molar-refractivity contribution in [3.05, 3.63) is 24.3 Å². The highest BCUT2D eigenvalue weighted by Gasteiger charge is 2.21. The Hall–Kier alpha value is -1.22. The molecule has 14 heavy (non-hydrogen) atoms. The Labute approximate surface area is 84.9 Å². The summed E-state index contributed by atoms with van der Waals surface area (Å²) in [6.07, 6.45) is 0. The fourth-order valence-corrected chi connectivity index (χ4v) is 1.10. The van der Waals surface area contributed by atoms with E-state index in [0.29, 0.717) is 5.69 Å². The van der Waals surface area contributed by atoms with Gasteiger partial charge in [-0.3, -0.25) is 0 Å². The lowest BCUT2D eigenvalue weighted by Gasteiger charge is -2.28. The summed E-state index contributed by atoms with van der Waals surface area (Å²) in [6, 6.07) is 7.09. The molecule has 0 atom stereocenters. The molecule has 0 aliphatic rings. The minimum atomic E-state index is -0.408. The van der Waals surface area contributed by atoms with Crippen molar-refractivity contribution in [2.45, 2.75) is 26.3 Å². The van der Waals surface area contributed by atoms with Gasteiger partial charge < -0.3 is 4.74 Å². The van der Waals surface area contributed by atoms with Gasteiger partial charge in [0.2, 0.25) is 0 Å². The highest BCUT2D eigenvalue weighted by atomic mass is 16.5. The van der Waals surface area contributed by atoms with Crippen LogP contribution in [0, 0.1) is 0 Å². The average molecular weight is 194 g/mol. The average Bonchev–Trinajstić information content (AvgIpc) is 2.15. The summed E-state index contributed by atoms with van der Waals surface area (Å²) in [7, 11) is 1.60. The van der Waals surface area contributed by atoms with Crippen molar-refractivity contribution in [3.8, 4) is 5.75 Å². The fraction of sp³-hybridized carbons (Fsp3) is 0.455. The predicted molar refractivity (Wildman–Crippen MR) is 55.9 cm³/mol. The first-order chi connectivity index (χ1) is 6.45. The van der Waals surface area contributed by atoms with Gasteiger partial charge in [0.25, 0.3) is 0 Å². The van der Waals surface area contributed by atoms with Crippen molar-refractivity contribution in [2.24, 2.45) is 0 Å². The van der Waals surface area contributed by atoms with Crippen molar-refractivity contribution in [3.63, 3.8) is 0 Å². The summed E-state index contributed by atoms with van der Waals surface area (Å²) in [6.45, 7) is 5.64. The summed E-state index contributed by atoms with van der Waals surface area (Å²) in [4.78, 5) is 0. The number of hydroxylamine groups is 1. The van der Waals surface area contributed by atoms with E-state index in [9.17, 15) is 5.21 Å². The first kappa shape index (κ1) is 10.9. The molecule has 0 aliphatic carbocycles. The van der Waals surface area contributed by atoms with Gasteiger partial charge in [-0.15, -0.1) is 0 Å². The monoisotopic (exact) mass is 194 g/mol. The molecule has 0 bridgehead atoms. The Bertz CT molecular complexity index is 287. The molecule has 77 valence electrons. The molecular formula is C11H16NO2. The number of methoxy groups -OCH3 is 1. The number of ether oxygens (including phenoxy) is 1. The second-order valence-corrected chi connectivity index (χ2v) is 4.16. The van der Waals surface area contributed by atoms with Gasteiger partial charge in [-0.1, -0.05) is 5.21 Å². The maximum atomic E-state index is 11.7. The third-order valence-electron chi connectivity index (χ3n) is 1.92. The van der Waals surface area contributed by atoms with Crippen molar-refractivity contribution in [1.82, 2.24) is 0 Å². The molecule has 1 rings (SSSR count). The number of hydrogen-bond donors (Lipinski definition) is 0. The van der Waals surface area contributed by atoms with Crippen LogP contribution in [0.3, 0.4) is 0 Å². The van der Waals surface area contributed by atoms with Crippen molar-refractivity contribution in [1.29, 1.82) is 0 Å². The Balaban J connectivity index is 2.87. The zero-order valence-electron chi connectivity index (χ0n) is 9.07. The molecule has 1 radical (unpaired) electrons. The number of nitrogens with zero attached hydrogens (tertiary/aromatic N) is 1. The van der Waals surface area contributed by atoms with E-state index < -0.39 is 5.54 Å². The van der Waals surface area contributed by atoms with Gasteiger partial charge in [0.05, 0.1) is 18.3 Å². The number of anilines is 1. The minimum Gasteiger partial charge on any atom is -0.497 e. The quantitative estimate of drug-likeness (QED) is 0.678. The number of benzene rings is 1. The lowest BCUT2D eigenvalue weighted by Crippen LogP contribution is -2.37. The van der Waals surface area contributed by atoms with Crippen LogP contribution in [-0.2, 0) is 5.21 Å². The zero-order valence-corrected chi connectivity index (χ0v) is 9.07. The SMILES string of the molecule is COc1ccc(N([O])C(C)(C)C)cc1. The van der Waals surface area contributed by atoms with Crippen LogP contribution in [0.5, 0.6) is 5.75 Å². The zero-order chi connectivity index (χ0) is 10.8. The normalized spacial score (nSPS) is 11.2. The molecule has 0 saturated heterocycles. The van der Waals surface area contributed by atoms with Crippen LogP contribution in [-0.4, -0.2) is 12.6 Å². The Morgan fingerprint density at radius 2 is 1.64 bits per heavy atom. The van der Waals surface area contributed by atoms with Gasteiger partial charge in [-0.25, -0.2) is 5.06 Å². The second kappa shape index (κ2) is 3.88. The van der Waals surface area contributed by atoms with Crippen LogP contribution < -0.4 is 9.80 Å². The molecule has 3 heteroatoms. The maximum absolute atomic E-state index is 11.7. The van der Waals surface area contributed by atoms with Crippen molar-refractivity contribution < 1.29 is 9.94 Å². The smallest absolute Gasteiger partial charge is 0.119 e. The second-order valence-electron chi connectivity index (χ2n) is 4.16. The van der Waals surface area contributed by atoms with Crippen LogP contribution in [0.15, 0.2) is 24.3 Å². The molecule has 0 spiro atoms. The molecule has 3 nitrogen and oxygen atoms in total. The highest BCUT2D eigenvalue weighted by molar-refractivity contribution is 5.48. The predicted octanol–water partition coefficient (Wildman–Crippen LogP) is 2.65. The van der Waals surface area contributed by atoms with Gasteiger partial charge in [0.1, 0.15) is 5.75 Å². The summed E-state index contributed by atoms with van der Waals surface area (Å²) in [5.41, 5.74) is 0.243. The van der Waals surface area contributed by atoms with E-state index in [0.717, 1.165) is 10.8 Å². The standard InChI is InChI=1S/C11H16NO2/c1-11(2,3)12(13)9-5-7-10(14-4)8-6-9/h5-8H,1-4H3. The molecule has 0 saturated carbocycles. The Kier molecular flexibility index (Phi) is 3.01. The van der Waals surface area contributed by atoms with Gasteiger partial charge in [0.15, 0.2) is 0 Å². The largest absolute Gasteiger partial charge is 0.497 e. The first-order valence-electron chi connectivity index (χ1n) is 4.56. The molecule has 0 amide bonds. The Morgan fingerprint density at radius 3 is 2.00 bits per heavy atom. The van der Waals surface area contributed by atoms with Crippen LogP contribution >= 0.6 is 0 Å². The number of rotatable bonds is 2. The number of hydrogen-bond acceptors (Lipinski definition) is 2. The van der Waals surface area contributed by atoms with E-state index >= 15 is 0 Å². The topological polar surface area (TPSA) is 32.4 Å². The van der Waals surface area contributed by atoms with Crippen LogP contribution in [0.2, 0.25) is 0 Å². The van der Waals surface area contributed by atoms with E-state index in [1.54, 1.807) is 31.4 Å². The van der Waals surface area contributed by atoms with E-state index in [1.807, 2.05) is 20.8 Å². The molecular weight excluding hydrogens is 178 g/mol. The molecule has 0 aromatic heterocycles. The van der Waals surface area contributed by atoms with Crippen LogP contribution in [0.1, 0.15) is 20.8 Å². The Morgan fingerprint density at radius 1 is 1.14 bits per heavy atom. The fourth-order valence-electron chi connectivity index (χ4n) is 1.10. The molecule has 0 aliphatic heterocycles. The highest BCUT2D eigenvalue weighted by Crippen LogP contribution is 2.24. The minimum absolute atomic E-state index is 0.408. The lowest BCUT2D eigenvalue weighted by atomic mass is 10.1. The van der Waals surface area contributed by atoms with Crippen molar-refractivity contribution >= 4 is 5.69 Å². The third-order valence-corrected chi connectivity index (χ3v) is 1.92. The summed E-state index contributed by atoms with van der Waals surface area (Å²) in [5.74, 6) is 0.760. The first-order valence-corrected chi connectivity index (χ1v) is 4.56. The van der Waals surface area contributed by atoms with Crippen molar-refractivity contribution in [2.75, 3.05) is 12.2 Å². The molecule has 0 fully saturated rings. The summed E-state index contributed by atoms with van der Waals surface area (Å²) >= 11 is 0. The molecule has 0 N–H and O–H groups in total. The van der Waals surface area contributed by atoms with Crippen LogP contribution in [0.25, 0.3) is 0 Å². The van der Waals surface area contributed by atoms with E-state index in [-0.39, 0.29) is 0 Å². The van der Waals surface area contributed by atoms with Gasteiger partial charge in [0, 0.05) is 0 Å². The van der Waals surface area contributed by atoms with Gasteiger partial charge in [-0.05, 0) is 45.0 Å². The van der Waals surface area contributed by atoms with E-state index in [2.05, 4.69) is 0 Å². The molecule has 0 unspecified atom stereocenters. The summed E-state index contributed by atoms with van der Waals surface area (Å²) in [5, 5.41) is 12.7. The van der Waals surface area contributed by atoms with E-state index in [1.165, 1.54) is 0 Å².